The van der Waals surface area contributed by atoms with Crippen LogP contribution in [0.25, 0.3) is 6.08 Å². The average Bonchev–Trinajstić information content (AvgIpc) is 2.85. The molecule has 0 radical (unpaired) electrons. The first-order valence-corrected chi connectivity index (χ1v) is 11.8. The molecule has 0 aliphatic heterocycles. The van der Waals surface area contributed by atoms with Gasteiger partial charge >= 0.3 is 24.1 Å². The number of amides is 3. The molecule has 0 unspecified atom stereocenters. The zero-order valence-electron chi connectivity index (χ0n) is 22.3. The van der Waals surface area contributed by atoms with Gasteiger partial charge in [-0.15, -0.1) is 0 Å². The lowest BCUT2D eigenvalue weighted by molar-refractivity contribution is -0.192. The fourth-order valence-electron chi connectivity index (χ4n) is 2.78. The lowest BCUT2D eigenvalue weighted by Gasteiger charge is -2.22. The van der Waals surface area contributed by atoms with E-state index in [2.05, 4.69) is 21.3 Å². The Kier molecular flexibility index (Phi) is 15.4. The van der Waals surface area contributed by atoms with Crippen molar-refractivity contribution in [1.82, 2.24) is 16.0 Å². The Morgan fingerprint density at radius 2 is 1.55 bits per heavy atom. The highest BCUT2D eigenvalue weighted by atomic mass is 19.4. The van der Waals surface area contributed by atoms with Gasteiger partial charge in [0.1, 0.15) is 12.1 Å². The number of carbonyl (C=O) groups is 6. The number of carboxylic acids is 3. The smallest absolute Gasteiger partial charge is 0.481 e. The first kappa shape index (κ1) is 36.8. The van der Waals surface area contributed by atoms with Crippen molar-refractivity contribution in [2.75, 3.05) is 11.9 Å². The van der Waals surface area contributed by atoms with Crippen LogP contribution in [0.1, 0.15) is 32.3 Å². The number of benzene rings is 1. The molecule has 0 fully saturated rings. The van der Waals surface area contributed by atoms with Crippen LogP contribution in [-0.2, 0) is 28.8 Å². The van der Waals surface area contributed by atoms with Gasteiger partial charge in [0, 0.05) is 24.7 Å². The number of nitrogens with one attached hydrogen (secondary N) is 5. The van der Waals surface area contributed by atoms with E-state index in [0.29, 0.717) is 11.3 Å². The van der Waals surface area contributed by atoms with Gasteiger partial charge in [-0.3, -0.25) is 24.6 Å². The van der Waals surface area contributed by atoms with E-state index in [0.717, 1.165) is 0 Å². The molecule has 1 aromatic rings. The zero-order chi connectivity index (χ0) is 32.6. The first-order valence-electron chi connectivity index (χ1n) is 11.8. The van der Waals surface area contributed by atoms with Gasteiger partial charge in [-0.2, -0.15) is 13.2 Å². The fraction of sp³-hybridized carbons (Fsp3) is 0.375. The molecule has 42 heavy (non-hydrogen) atoms. The van der Waals surface area contributed by atoms with Gasteiger partial charge in [-0.05, 0) is 29.7 Å². The summed E-state index contributed by atoms with van der Waals surface area (Å²) < 4.78 is 31.7. The van der Waals surface area contributed by atoms with E-state index in [1.54, 1.807) is 38.1 Å². The van der Waals surface area contributed by atoms with Crippen LogP contribution in [-0.4, -0.2) is 81.7 Å². The van der Waals surface area contributed by atoms with Gasteiger partial charge in [0.25, 0.3) is 0 Å². The Morgan fingerprint density at radius 3 is 1.98 bits per heavy atom. The van der Waals surface area contributed by atoms with Crippen LogP contribution >= 0.6 is 0 Å². The molecule has 3 amide bonds. The minimum atomic E-state index is -5.08. The minimum absolute atomic E-state index is 0.0817. The van der Waals surface area contributed by atoms with Gasteiger partial charge in [0.2, 0.25) is 17.7 Å². The summed E-state index contributed by atoms with van der Waals surface area (Å²) in [5.74, 6) is -8.17. The Bertz CT molecular complexity index is 1170. The quantitative estimate of drug-likeness (QED) is 0.0841. The summed E-state index contributed by atoms with van der Waals surface area (Å²) in [5, 5.41) is 42.1. The van der Waals surface area contributed by atoms with Crippen molar-refractivity contribution in [2.24, 2.45) is 11.7 Å². The second kappa shape index (κ2) is 17.5. The summed E-state index contributed by atoms with van der Waals surface area (Å²) in [6.07, 6.45) is -3.27. The van der Waals surface area contributed by atoms with E-state index in [-0.39, 0.29) is 18.9 Å². The summed E-state index contributed by atoms with van der Waals surface area (Å²) in [6.45, 7) is 3.06. The van der Waals surface area contributed by atoms with E-state index in [1.807, 2.05) is 0 Å². The zero-order valence-corrected chi connectivity index (χ0v) is 22.3. The van der Waals surface area contributed by atoms with Crippen LogP contribution in [0.3, 0.4) is 0 Å². The van der Waals surface area contributed by atoms with Crippen LogP contribution in [0.15, 0.2) is 30.3 Å². The maximum absolute atomic E-state index is 12.4. The van der Waals surface area contributed by atoms with Crippen molar-refractivity contribution in [1.29, 1.82) is 5.41 Å². The molecule has 0 aliphatic carbocycles. The number of rotatable bonds is 13. The summed E-state index contributed by atoms with van der Waals surface area (Å²) in [7, 11) is 0. The number of aliphatic carboxylic acids is 3. The van der Waals surface area contributed by atoms with Crippen molar-refractivity contribution < 1.29 is 57.3 Å². The lowest BCUT2D eigenvalue weighted by Crippen LogP contribution is -2.53. The monoisotopic (exact) mass is 604 g/mol. The standard InChI is InChI=1S/C22H30N6O7.C2HF3O2/c1-12(2)19(21(34)35)28-20(33)15(11-18(31)32)27-17(30)9-10-25-16(29)8-5-13-3-6-14(7-4-13)26-22(23)24;3-2(4,5)1(6)7/h3-8,12,15,19H,9-11H2,1-2H3,(H,25,29)(H,27,30)(H,28,33)(H,31,32)(H,34,35)(H4,23,24,26);(H,6,7)/t15-,19-;/m0./s1. The molecule has 0 aromatic heterocycles. The van der Waals surface area contributed by atoms with Crippen molar-refractivity contribution in [3.63, 3.8) is 0 Å². The minimum Gasteiger partial charge on any atom is -0.481 e. The van der Waals surface area contributed by atoms with E-state index in [4.69, 9.17) is 26.2 Å². The Morgan fingerprint density at radius 1 is 1.00 bits per heavy atom. The van der Waals surface area contributed by atoms with E-state index >= 15 is 0 Å². The van der Waals surface area contributed by atoms with Crippen molar-refractivity contribution >= 4 is 53.4 Å². The van der Waals surface area contributed by atoms with E-state index in [9.17, 15) is 42.3 Å². The van der Waals surface area contributed by atoms with Gasteiger partial charge in [-0.25, -0.2) is 9.59 Å². The summed E-state index contributed by atoms with van der Waals surface area (Å²) in [4.78, 5) is 67.7. The SMILES string of the molecule is CC(C)[C@H](NC(=O)[C@H](CC(=O)O)NC(=O)CCNC(=O)C=Cc1ccc(NC(=N)N)cc1)C(=O)O.O=C(O)C(F)(F)F. The molecule has 1 rings (SSSR count). The topological polar surface area (TPSA) is 261 Å². The van der Waals surface area contributed by atoms with Gasteiger partial charge in [0.15, 0.2) is 5.96 Å². The Labute approximate surface area is 236 Å². The molecule has 0 heterocycles. The molecule has 18 heteroatoms. The average molecular weight is 605 g/mol. The Hall–Kier alpha value is -5.16. The highest BCUT2D eigenvalue weighted by Gasteiger charge is 2.38. The largest absolute Gasteiger partial charge is 0.490 e. The van der Waals surface area contributed by atoms with E-state index < -0.39 is 66.2 Å². The molecule has 15 nitrogen and oxygen atoms in total. The summed E-state index contributed by atoms with van der Waals surface area (Å²) in [5.41, 5.74) is 6.56. The number of anilines is 1. The maximum atomic E-state index is 12.4. The van der Waals surface area contributed by atoms with Crippen LogP contribution in [0.5, 0.6) is 0 Å². The lowest BCUT2D eigenvalue weighted by atomic mass is 10.0. The van der Waals surface area contributed by atoms with Crippen molar-refractivity contribution in [2.45, 2.75) is 44.9 Å². The molecular weight excluding hydrogens is 573 g/mol. The molecule has 0 saturated heterocycles. The molecule has 1 aromatic carbocycles. The molecule has 0 aliphatic rings. The summed E-state index contributed by atoms with van der Waals surface area (Å²) >= 11 is 0. The molecule has 0 bridgehead atoms. The third-order valence-corrected chi connectivity index (χ3v) is 4.77. The van der Waals surface area contributed by atoms with Crippen molar-refractivity contribution in [3.05, 3.63) is 35.9 Å². The third kappa shape index (κ3) is 16.1. The molecule has 0 spiro atoms. The number of alkyl halides is 3. The number of halogens is 3. The second-order valence-electron chi connectivity index (χ2n) is 8.62. The Balaban J connectivity index is 0.00000212. The van der Waals surface area contributed by atoms with Crippen LogP contribution in [0.2, 0.25) is 0 Å². The fourth-order valence-corrected chi connectivity index (χ4v) is 2.78. The van der Waals surface area contributed by atoms with Crippen LogP contribution < -0.4 is 27.0 Å². The number of hydrogen-bond acceptors (Lipinski definition) is 7. The summed E-state index contributed by atoms with van der Waals surface area (Å²) in [6, 6.07) is 4.02. The number of nitrogens with two attached hydrogens (primary N) is 1. The van der Waals surface area contributed by atoms with Crippen LogP contribution in [0.4, 0.5) is 18.9 Å². The molecule has 10 N–H and O–H groups in total. The highest BCUT2D eigenvalue weighted by Crippen LogP contribution is 2.13. The van der Waals surface area contributed by atoms with Crippen molar-refractivity contribution in [3.8, 4) is 0 Å². The maximum Gasteiger partial charge on any atom is 0.490 e. The van der Waals surface area contributed by atoms with Gasteiger partial charge in [-0.1, -0.05) is 26.0 Å². The second-order valence-corrected chi connectivity index (χ2v) is 8.62. The normalized spacial score (nSPS) is 12.2. The van der Waals surface area contributed by atoms with Gasteiger partial charge in [0.05, 0.1) is 6.42 Å². The number of carboxylic acid groups (broad SMARTS) is 3. The van der Waals surface area contributed by atoms with Gasteiger partial charge < -0.3 is 42.3 Å². The first-order chi connectivity index (χ1) is 19.3. The van der Waals surface area contributed by atoms with E-state index in [1.165, 1.54) is 12.2 Å². The molecule has 232 valence electrons. The predicted octanol–water partition coefficient (Wildman–Crippen LogP) is 0.330. The number of hydrogen-bond donors (Lipinski definition) is 9. The van der Waals surface area contributed by atoms with Crippen LogP contribution in [0, 0.1) is 11.3 Å². The highest BCUT2D eigenvalue weighted by molar-refractivity contribution is 5.94. The molecular formula is C24H31F3N6O9. The molecule has 0 saturated carbocycles. The number of guanidine groups is 1. The predicted molar refractivity (Wildman–Crippen MR) is 141 cm³/mol. The molecule has 2 atom stereocenters. The third-order valence-electron chi connectivity index (χ3n) is 4.77. The number of carbonyl (C=O) groups excluding carboxylic acids is 3.